The molecule has 0 aliphatic carbocycles. The molecule has 1 atom stereocenters. The van der Waals surface area contributed by atoms with Gasteiger partial charge in [-0.05, 0) is 24.6 Å². The molecule has 0 aliphatic heterocycles. The van der Waals surface area contributed by atoms with Crippen molar-refractivity contribution < 1.29 is 4.39 Å². The van der Waals surface area contributed by atoms with Gasteiger partial charge in [0, 0.05) is 23.5 Å². The van der Waals surface area contributed by atoms with Gasteiger partial charge in [0.25, 0.3) is 0 Å². The molecule has 0 bridgehead atoms. The van der Waals surface area contributed by atoms with Crippen LogP contribution in [-0.2, 0) is 6.42 Å². The van der Waals surface area contributed by atoms with Gasteiger partial charge in [-0.25, -0.2) is 9.37 Å². The number of thiazole rings is 1. The molecule has 2 nitrogen and oxygen atoms in total. The minimum atomic E-state index is -0.207. The first kappa shape index (κ1) is 11.2. The molecule has 2 rings (SSSR count). The number of benzene rings is 1. The fraction of sp³-hybridized carbons (Fsp3) is 0.250. The molecule has 0 aliphatic rings. The van der Waals surface area contributed by atoms with Crippen molar-refractivity contribution in [1.82, 2.24) is 4.98 Å². The molecule has 16 heavy (non-hydrogen) atoms. The van der Waals surface area contributed by atoms with E-state index in [1.54, 1.807) is 23.6 Å². The number of hydrogen-bond acceptors (Lipinski definition) is 3. The Labute approximate surface area is 97.9 Å². The van der Waals surface area contributed by atoms with E-state index in [4.69, 9.17) is 5.73 Å². The Morgan fingerprint density at radius 1 is 1.50 bits per heavy atom. The normalized spacial score (nSPS) is 12.7. The molecule has 1 unspecified atom stereocenters. The fourth-order valence-electron chi connectivity index (χ4n) is 1.44. The molecule has 0 fully saturated rings. The van der Waals surface area contributed by atoms with E-state index >= 15 is 0 Å². The topological polar surface area (TPSA) is 38.9 Å². The first-order valence-corrected chi connectivity index (χ1v) is 5.91. The average Bonchev–Trinajstić information content (AvgIpc) is 2.66. The summed E-state index contributed by atoms with van der Waals surface area (Å²) in [5.41, 5.74) is 6.69. The summed E-state index contributed by atoms with van der Waals surface area (Å²) in [4.78, 5) is 5.34. The molecule has 4 heteroatoms. The number of nitrogens with zero attached hydrogens (tertiary/aromatic N) is 1. The summed E-state index contributed by atoms with van der Waals surface area (Å²) < 4.78 is 13.0. The highest BCUT2D eigenvalue weighted by atomic mass is 32.1. The second-order valence-electron chi connectivity index (χ2n) is 3.75. The fourth-order valence-corrected chi connectivity index (χ4v) is 2.35. The summed E-state index contributed by atoms with van der Waals surface area (Å²) in [5, 5.41) is 0.970. The lowest BCUT2D eigenvalue weighted by Crippen LogP contribution is -2.01. The van der Waals surface area contributed by atoms with Crippen LogP contribution in [0, 0.1) is 5.82 Å². The van der Waals surface area contributed by atoms with Crippen LogP contribution < -0.4 is 5.73 Å². The molecule has 0 radical (unpaired) electrons. The first-order chi connectivity index (χ1) is 7.65. The lowest BCUT2D eigenvalue weighted by molar-refractivity contribution is 0.626. The summed E-state index contributed by atoms with van der Waals surface area (Å²) in [5.74, 6) is -0.207. The number of rotatable bonds is 3. The Bertz CT molecular complexity index is 479. The van der Waals surface area contributed by atoms with E-state index in [0.717, 1.165) is 15.4 Å². The first-order valence-electron chi connectivity index (χ1n) is 5.10. The van der Waals surface area contributed by atoms with Crippen LogP contribution >= 0.6 is 11.3 Å². The Morgan fingerprint density at radius 3 is 2.94 bits per heavy atom. The van der Waals surface area contributed by atoms with E-state index in [1.807, 2.05) is 13.0 Å². The number of hydrogen-bond donors (Lipinski definition) is 1. The van der Waals surface area contributed by atoms with Crippen molar-refractivity contribution in [3.63, 3.8) is 0 Å². The van der Waals surface area contributed by atoms with E-state index in [1.165, 1.54) is 12.1 Å². The van der Waals surface area contributed by atoms with Crippen LogP contribution in [0.3, 0.4) is 0 Å². The van der Waals surface area contributed by atoms with Crippen LogP contribution in [0.2, 0.25) is 0 Å². The van der Waals surface area contributed by atoms with Crippen molar-refractivity contribution in [2.75, 3.05) is 0 Å². The van der Waals surface area contributed by atoms with Crippen molar-refractivity contribution in [2.24, 2.45) is 5.73 Å². The number of aromatic nitrogens is 1. The molecule has 1 aromatic heterocycles. The van der Waals surface area contributed by atoms with Crippen molar-refractivity contribution in [2.45, 2.75) is 19.4 Å². The van der Waals surface area contributed by atoms with Gasteiger partial charge in [-0.15, -0.1) is 11.3 Å². The van der Waals surface area contributed by atoms with Crippen molar-refractivity contribution in [3.05, 3.63) is 51.7 Å². The van der Waals surface area contributed by atoms with Crippen LogP contribution in [-0.4, -0.2) is 4.98 Å². The van der Waals surface area contributed by atoms with E-state index in [9.17, 15) is 4.39 Å². The van der Waals surface area contributed by atoms with Gasteiger partial charge in [0.2, 0.25) is 0 Å². The quantitative estimate of drug-likeness (QED) is 0.890. The van der Waals surface area contributed by atoms with Gasteiger partial charge < -0.3 is 5.73 Å². The Balaban J connectivity index is 2.14. The third kappa shape index (κ3) is 2.65. The zero-order valence-electron chi connectivity index (χ0n) is 8.98. The van der Waals surface area contributed by atoms with Gasteiger partial charge in [-0.1, -0.05) is 12.1 Å². The average molecular weight is 236 g/mol. The van der Waals surface area contributed by atoms with Crippen molar-refractivity contribution in [3.8, 4) is 0 Å². The van der Waals surface area contributed by atoms with Gasteiger partial charge in [-0.2, -0.15) is 0 Å². The monoisotopic (exact) mass is 236 g/mol. The maximum atomic E-state index is 13.0. The Kier molecular flexibility index (Phi) is 3.31. The highest BCUT2D eigenvalue weighted by Gasteiger charge is 2.06. The predicted molar refractivity (Wildman–Crippen MR) is 63.9 cm³/mol. The van der Waals surface area contributed by atoms with Gasteiger partial charge in [0.15, 0.2) is 0 Å². The predicted octanol–water partition coefficient (Wildman–Crippen LogP) is 2.89. The summed E-state index contributed by atoms with van der Waals surface area (Å²) >= 11 is 1.58. The van der Waals surface area contributed by atoms with Crippen molar-refractivity contribution in [1.29, 1.82) is 0 Å². The highest BCUT2D eigenvalue weighted by molar-refractivity contribution is 7.11. The number of nitrogens with two attached hydrogens (primary N) is 1. The van der Waals surface area contributed by atoms with Crippen molar-refractivity contribution >= 4 is 11.3 Å². The SMILES string of the molecule is CC(N)c1cnc(Cc2cccc(F)c2)s1. The van der Waals surface area contributed by atoms with Crippen LogP contribution in [0.5, 0.6) is 0 Å². The van der Waals surface area contributed by atoms with E-state index in [2.05, 4.69) is 4.98 Å². The van der Waals surface area contributed by atoms with Crippen LogP contribution in [0.1, 0.15) is 28.4 Å². The molecule has 0 spiro atoms. The molecule has 1 aromatic carbocycles. The molecular weight excluding hydrogens is 223 g/mol. The molecule has 0 saturated carbocycles. The Hall–Kier alpha value is -1.26. The van der Waals surface area contributed by atoms with Crippen LogP contribution in [0.25, 0.3) is 0 Å². The van der Waals surface area contributed by atoms with Gasteiger partial charge in [0.1, 0.15) is 5.82 Å². The van der Waals surface area contributed by atoms with Gasteiger partial charge in [-0.3, -0.25) is 0 Å². The summed E-state index contributed by atoms with van der Waals surface area (Å²) in [6.45, 7) is 1.93. The van der Waals surface area contributed by atoms with Crippen LogP contribution in [0.15, 0.2) is 30.5 Å². The molecule has 2 N–H and O–H groups in total. The van der Waals surface area contributed by atoms with Crippen LogP contribution in [0.4, 0.5) is 4.39 Å². The summed E-state index contributed by atoms with van der Waals surface area (Å²) in [6, 6.07) is 6.60. The number of halogens is 1. The largest absolute Gasteiger partial charge is 0.323 e. The second kappa shape index (κ2) is 4.72. The molecule has 0 amide bonds. The minimum Gasteiger partial charge on any atom is -0.323 e. The van der Waals surface area contributed by atoms with E-state index < -0.39 is 0 Å². The lowest BCUT2D eigenvalue weighted by Gasteiger charge is -1.98. The molecular formula is C12H13FN2S. The highest BCUT2D eigenvalue weighted by Crippen LogP contribution is 2.21. The minimum absolute atomic E-state index is 0.0127. The zero-order valence-corrected chi connectivity index (χ0v) is 9.80. The Morgan fingerprint density at radius 2 is 2.31 bits per heavy atom. The molecule has 1 heterocycles. The lowest BCUT2D eigenvalue weighted by atomic mass is 10.1. The third-order valence-corrected chi connectivity index (χ3v) is 3.46. The third-order valence-electron chi connectivity index (χ3n) is 2.26. The smallest absolute Gasteiger partial charge is 0.123 e. The van der Waals surface area contributed by atoms with E-state index in [0.29, 0.717) is 6.42 Å². The van der Waals surface area contributed by atoms with Gasteiger partial charge in [0.05, 0.1) is 5.01 Å². The zero-order chi connectivity index (χ0) is 11.5. The van der Waals surface area contributed by atoms with E-state index in [-0.39, 0.29) is 11.9 Å². The molecule has 0 saturated heterocycles. The summed E-state index contributed by atoms with van der Waals surface area (Å²) in [7, 11) is 0. The maximum absolute atomic E-state index is 13.0. The molecule has 2 aromatic rings. The standard InChI is InChI=1S/C12H13FN2S/c1-8(14)11-7-15-12(16-11)6-9-3-2-4-10(13)5-9/h2-5,7-8H,6,14H2,1H3. The maximum Gasteiger partial charge on any atom is 0.123 e. The summed E-state index contributed by atoms with van der Waals surface area (Å²) in [6.07, 6.45) is 2.46. The molecule has 84 valence electrons. The van der Waals surface area contributed by atoms with Gasteiger partial charge >= 0.3 is 0 Å². The second-order valence-corrected chi connectivity index (χ2v) is 4.90.